The molecule has 62 valence electrons. The predicted octanol–water partition coefficient (Wildman–Crippen LogP) is 3.72. The third kappa shape index (κ3) is 1.04. The lowest BCUT2D eigenvalue weighted by Crippen LogP contribution is -1.87. The van der Waals surface area contributed by atoms with Gasteiger partial charge in [-0.05, 0) is 48.1 Å². The van der Waals surface area contributed by atoms with Crippen molar-refractivity contribution in [3.8, 4) is 0 Å². The molecule has 0 aromatic heterocycles. The Morgan fingerprint density at radius 1 is 1.33 bits per heavy atom. The fourth-order valence-electron chi connectivity index (χ4n) is 1.79. The first-order chi connectivity index (χ1) is 5.70. The van der Waals surface area contributed by atoms with Gasteiger partial charge in [-0.3, -0.25) is 0 Å². The van der Waals surface area contributed by atoms with E-state index in [1.54, 1.807) is 0 Å². The van der Waals surface area contributed by atoms with E-state index in [1.807, 2.05) is 0 Å². The summed E-state index contributed by atoms with van der Waals surface area (Å²) >= 11 is 3.54. The van der Waals surface area contributed by atoms with Crippen LogP contribution >= 0.6 is 15.9 Å². The number of hydrogen-bond donors (Lipinski definition) is 0. The van der Waals surface area contributed by atoms with Gasteiger partial charge in [-0.15, -0.1) is 0 Å². The van der Waals surface area contributed by atoms with Crippen LogP contribution in [0.1, 0.15) is 23.1 Å². The molecule has 0 amide bonds. The highest BCUT2D eigenvalue weighted by molar-refractivity contribution is 9.10. The second-order valence-corrected chi connectivity index (χ2v) is 4.16. The fraction of sp³-hybridized carbons (Fsp3) is 0.273. The summed E-state index contributed by atoms with van der Waals surface area (Å²) in [5.74, 6) is 0. The maximum Gasteiger partial charge on any atom is 0.0207 e. The molecule has 0 radical (unpaired) electrons. The van der Waals surface area contributed by atoms with Crippen molar-refractivity contribution in [1.29, 1.82) is 0 Å². The first-order valence-corrected chi connectivity index (χ1v) is 4.95. The van der Waals surface area contributed by atoms with Gasteiger partial charge in [0.1, 0.15) is 0 Å². The Hall–Kier alpha value is -0.560. The van der Waals surface area contributed by atoms with E-state index < -0.39 is 0 Å². The van der Waals surface area contributed by atoms with Crippen LogP contribution in [0, 0.1) is 6.92 Å². The summed E-state index contributed by atoms with van der Waals surface area (Å²) in [7, 11) is 0. The van der Waals surface area contributed by atoms with E-state index in [9.17, 15) is 0 Å². The Balaban J connectivity index is 2.68. The van der Waals surface area contributed by atoms with Gasteiger partial charge in [0, 0.05) is 4.47 Å². The van der Waals surface area contributed by atoms with E-state index in [0.717, 1.165) is 6.42 Å². The summed E-state index contributed by atoms with van der Waals surface area (Å²) in [5.41, 5.74) is 5.52. The van der Waals surface area contributed by atoms with E-state index in [1.165, 1.54) is 33.2 Å². The van der Waals surface area contributed by atoms with E-state index in [-0.39, 0.29) is 0 Å². The summed E-state index contributed by atoms with van der Waals surface area (Å²) in [6.07, 6.45) is 2.30. The van der Waals surface area contributed by atoms with Crippen molar-refractivity contribution in [3.05, 3.63) is 39.9 Å². The molecule has 0 nitrogen and oxygen atoms in total. The van der Waals surface area contributed by atoms with Gasteiger partial charge in [0.2, 0.25) is 0 Å². The van der Waals surface area contributed by atoms with Crippen molar-refractivity contribution in [2.75, 3.05) is 0 Å². The third-order valence-electron chi connectivity index (χ3n) is 2.59. The second kappa shape index (κ2) is 2.74. The van der Waals surface area contributed by atoms with Crippen molar-refractivity contribution in [2.45, 2.75) is 19.8 Å². The highest BCUT2D eigenvalue weighted by atomic mass is 79.9. The molecule has 1 heteroatoms. The molecular weight excluding hydrogens is 212 g/mol. The molecule has 0 N–H and O–H groups in total. The highest BCUT2D eigenvalue weighted by Crippen LogP contribution is 2.35. The zero-order valence-electron chi connectivity index (χ0n) is 7.15. The van der Waals surface area contributed by atoms with Crippen LogP contribution < -0.4 is 0 Å². The Morgan fingerprint density at radius 2 is 2.08 bits per heavy atom. The lowest BCUT2D eigenvalue weighted by molar-refractivity contribution is 1.06. The van der Waals surface area contributed by atoms with E-state index >= 15 is 0 Å². The molecule has 0 saturated carbocycles. The van der Waals surface area contributed by atoms with Crippen LogP contribution in [0.4, 0.5) is 0 Å². The largest absolute Gasteiger partial charge is 0.0952 e. The number of allylic oxidation sites excluding steroid dienone is 1. The molecule has 1 aliphatic carbocycles. The summed E-state index contributed by atoms with van der Waals surface area (Å²) in [5, 5.41) is 0. The van der Waals surface area contributed by atoms with E-state index in [2.05, 4.69) is 41.6 Å². The summed E-state index contributed by atoms with van der Waals surface area (Å²) in [6, 6.07) is 4.28. The molecule has 0 aliphatic heterocycles. The summed E-state index contributed by atoms with van der Waals surface area (Å²) in [6.45, 7) is 6.22. The minimum Gasteiger partial charge on any atom is -0.0952 e. The molecule has 0 atom stereocenters. The van der Waals surface area contributed by atoms with Crippen molar-refractivity contribution in [2.24, 2.45) is 0 Å². The molecule has 1 aliphatic rings. The highest BCUT2D eigenvalue weighted by Gasteiger charge is 2.16. The molecule has 1 aromatic rings. The molecule has 0 spiro atoms. The lowest BCUT2D eigenvalue weighted by Gasteiger charge is -2.05. The Morgan fingerprint density at radius 3 is 2.83 bits per heavy atom. The van der Waals surface area contributed by atoms with Gasteiger partial charge < -0.3 is 0 Å². The normalized spacial score (nSPS) is 15.0. The molecule has 0 saturated heterocycles. The van der Waals surface area contributed by atoms with Crippen molar-refractivity contribution in [3.63, 3.8) is 0 Å². The maximum absolute atomic E-state index is 4.05. The van der Waals surface area contributed by atoms with Crippen LogP contribution in [0.3, 0.4) is 0 Å². The Labute approximate surface area is 81.4 Å². The smallest absolute Gasteiger partial charge is 0.0207 e. The number of hydrogen-bond acceptors (Lipinski definition) is 0. The SMILES string of the molecule is C=C1CCc2c1ccc(Br)c2C. The lowest BCUT2D eigenvalue weighted by atomic mass is 10.0. The topological polar surface area (TPSA) is 0 Å². The summed E-state index contributed by atoms with van der Waals surface area (Å²) < 4.78 is 1.22. The van der Waals surface area contributed by atoms with Crippen LogP contribution in [-0.4, -0.2) is 0 Å². The monoisotopic (exact) mass is 222 g/mol. The Bertz CT molecular complexity index is 350. The minimum absolute atomic E-state index is 1.13. The average molecular weight is 223 g/mol. The zero-order valence-corrected chi connectivity index (χ0v) is 8.74. The molecule has 0 bridgehead atoms. The molecule has 0 unspecified atom stereocenters. The standard InChI is InChI=1S/C11H11Br/c1-7-3-4-10-8(2)11(12)6-5-9(7)10/h5-6H,1,3-4H2,2H3. The third-order valence-corrected chi connectivity index (χ3v) is 3.45. The van der Waals surface area contributed by atoms with E-state index in [0.29, 0.717) is 0 Å². The Kier molecular flexibility index (Phi) is 1.84. The van der Waals surface area contributed by atoms with Crippen molar-refractivity contribution in [1.82, 2.24) is 0 Å². The zero-order chi connectivity index (χ0) is 8.72. The number of rotatable bonds is 0. The van der Waals surface area contributed by atoms with Gasteiger partial charge >= 0.3 is 0 Å². The van der Waals surface area contributed by atoms with Gasteiger partial charge in [0.25, 0.3) is 0 Å². The van der Waals surface area contributed by atoms with Crippen molar-refractivity contribution < 1.29 is 0 Å². The van der Waals surface area contributed by atoms with Crippen LogP contribution in [0.15, 0.2) is 23.2 Å². The molecule has 0 fully saturated rings. The van der Waals surface area contributed by atoms with Crippen LogP contribution in [0.2, 0.25) is 0 Å². The summed E-state index contributed by atoms with van der Waals surface area (Å²) in [4.78, 5) is 0. The van der Waals surface area contributed by atoms with Gasteiger partial charge in [-0.2, -0.15) is 0 Å². The molecule has 12 heavy (non-hydrogen) atoms. The van der Waals surface area contributed by atoms with Crippen LogP contribution in [0.25, 0.3) is 5.57 Å². The fourth-order valence-corrected chi connectivity index (χ4v) is 2.16. The first kappa shape index (κ1) is 8.06. The number of benzene rings is 1. The van der Waals surface area contributed by atoms with Gasteiger partial charge in [0.05, 0.1) is 0 Å². The predicted molar refractivity (Wildman–Crippen MR) is 56.2 cm³/mol. The van der Waals surface area contributed by atoms with Crippen molar-refractivity contribution >= 4 is 21.5 Å². The molecule has 1 aromatic carbocycles. The number of halogens is 1. The average Bonchev–Trinajstić information content (AvgIpc) is 2.41. The van der Waals surface area contributed by atoms with Gasteiger partial charge in [0.15, 0.2) is 0 Å². The molecular formula is C11H11Br. The molecule has 0 heterocycles. The van der Waals surface area contributed by atoms with Gasteiger partial charge in [-0.25, -0.2) is 0 Å². The van der Waals surface area contributed by atoms with E-state index in [4.69, 9.17) is 0 Å². The number of fused-ring (bicyclic) bond motifs is 1. The van der Waals surface area contributed by atoms with Crippen LogP contribution in [-0.2, 0) is 6.42 Å². The van der Waals surface area contributed by atoms with Gasteiger partial charge in [-0.1, -0.05) is 28.6 Å². The minimum atomic E-state index is 1.13. The maximum atomic E-state index is 4.05. The molecule has 2 rings (SSSR count). The van der Waals surface area contributed by atoms with Crippen LogP contribution in [0.5, 0.6) is 0 Å². The first-order valence-electron chi connectivity index (χ1n) is 4.16. The quantitative estimate of drug-likeness (QED) is 0.628. The second-order valence-electron chi connectivity index (χ2n) is 3.30.